The molecule has 9 aromatic carbocycles. The zero-order valence-electron chi connectivity index (χ0n) is 26.0. The van der Waals surface area contributed by atoms with E-state index in [1.54, 1.807) is 0 Å². The number of hydrogen-bond acceptors (Lipinski definition) is 0. The van der Waals surface area contributed by atoms with Gasteiger partial charge in [0.05, 0.1) is 0 Å². The number of benzene rings is 9. The Hall–Kier alpha value is -5.98. The normalized spacial score (nSPS) is 11.5. The quantitative estimate of drug-likeness (QED) is 0.137. The molecule has 0 saturated carbocycles. The lowest BCUT2D eigenvalue weighted by Gasteiger charge is -2.19. The summed E-state index contributed by atoms with van der Waals surface area (Å²) in [5, 5.41) is 10.3. The first-order chi connectivity index (χ1) is 23.3. The summed E-state index contributed by atoms with van der Waals surface area (Å²) in [7, 11) is 0. The second-order valence-corrected chi connectivity index (χ2v) is 12.4. The smallest absolute Gasteiger partial charge is 0.000728 e. The first-order valence-corrected chi connectivity index (χ1v) is 16.4. The lowest BCUT2D eigenvalue weighted by Crippen LogP contribution is -1.97. The van der Waals surface area contributed by atoms with Gasteiger partial charge in [-0.25, -0.2) is 0 Å². The molecule has 0 heteroatoms. The summed E-state index contributed by atoms with van der Waals surface area (Å²) >= 11 is 0. The van der Waals surface area contributed by atoms with Crippen LogP contribution >= 0.6 is 0 Å². The minimum atomic E-state index is 0.858. The molecular formula is C47H32. The molecule has 0 bridgehead atoms. The van der Waals surface area contributed by atoms with Crippen molar-refractivity contribution in [2.24, 2.45) is 0 Å². The fraction of sp³-hybridized carbons (Fsp3) is 0.0213. The van der Waals surface area contributed by atoms with Gasteiger partial charge in [0.2, 0.25) is 0 Å². The van der Waals surface area contributed by atoms with Crippen LogP contribution in [0.2, 0.25) is 0 Å². The SMILES string of the molecule is c1ccc(-c2ccccc2Cc2c3ccccc3c(-c3ccc4cc(-c5ccccc5)c5ccccc5c4c3)c3ccccc23)cc1. The zero-order valence-corrected chi connectivity index (χ0v) is 26.0. The molecule has 0 nitrogen and oxygen atoms in total. The van der Waals surface area contributed by atoms with Gasteiger partial charge >= 0.3 is 0 Å². The Morgan fingerprint density at radius 1 is 0.298 bits per heavy atom. The molecule has 0 heterocycles. The molecule has 9 rings (SSSR count). The molecule has 0 aromatic heterocycles. The molecule has 0 unspecified atom stereocenters. The van der Waals surface area contributed by atoms with Crippen molar-refractivity contribution in [1.29, 1.82) is 0 Å². The summed E-state index contributed by atoms with van der Waals surface area (Å²) in [4.78, 5) is 0. The van der Waals surface area contributed by atoms with E-state index in [4.69, 9.17) is 0 Å². The Morgan fingerprint density at radius 3 is 1.47 bits per heavy atom. The van der Waals surface area contributed by atoms with Gasteiger partial charge in [-0.2, -0.15) is 0 Å². The van der Waals surface area contributed by atoms with Crippen LogP contribution in [0.1, 0.15) is 11.1 Å². The maximum Gasteiger partial charge on any atom is -0.000728 e. The van der Waals surface area contributed by atoms with Crippen LogP contribution in [0.25, 0.3) is 76.5 Å². The Bertz CT molecular complexity index is 2520. The molecule has 0 radical (unpaired) electrons. The largest absolute Gasteiger partial charge is 0.0622 e. The third-order valence-corrected chi connectivity index (χ3v) is 9.75. The predicted molar refractivity (Wildman–Crippen MR) is 202 cm³/mol. The highest BCUT2D eigenvalue weighted by Crippen LogP contribution is 2.43. The topological polar surface area (TPSA) is 0 Å². The third-order valence-electron chi connectivity index (χ3n) is 9.75. The van der Waals surface area contributed by atoms with Crippen molar-refractivity contribution in [3.8, 4) is 33.4 Å². The Morgan fingerprint density at radius 2 is 0.809 bits per heavy atom. The number of fused-ring (bicyclic) bond motifs is 5. The molecule has 0 aliphatic carbocycles. The van der Waals surface area contributed by atoms with Crippen molar-refractivity contribution >= 4 is 43.1 Å². The van der Waals surface area contributed by atoms with E-state index in [0.29, 0.717) is 0 Å². The fourth-order valence-electron chi connectivity index (χ4n) is 7.60. The Kier molecular flexibility index (Phi) is 6.65. The van der Waals surface area contributed by atoms with Crippen molar-refractivity contribution in [3.05, 3.63) is 193 Å². The first kappa shape index (κ1) is 27.3. The molecule has 0 spiro atoms. The molecule has 0 atom stereocenters. The highest BCUT2D eigenvalue weighted by Gasteiger charge is 2.18. The Balaban J connectivity index is 1.28. The minimum absolute atomic E-state index is 0.858. The van der Waals surface area contributed by atoms with E-state index in [1.165, 1.54) is 87.6 Å². The maximum absolute atomic E-state index is 2.42. The van der Waals surface area contributed by atoms with E-state index in [9.17, 15) is 0 Å². The molecule has 9 aromatic rings. The van der Waals surface area contributed by atoms with Gasteiger partial charge < -0.3 is 0 Å². The molecule has 0 aliphatic heterocycles. The second-order valence-electron chi connectivity index (χ2n) is 12.4. The van der Waals surface area contributed by atoms with E-state index in [2.05, 4.69) is 182 Å². The molecular weight excluding hydrogens is 565 g/mol. The van der Waals surface area contributed by atoms with Crippen LogP contribution in [0.5, 0.6) is 0 Å². The number of hydrogen-bond donors (Lipinski definition) is 0. The highest BCUT2D eigenvalue weighted by molar-refractivity contribution is 6.18. The van der Waals surface area contributed by atoms with E-state index < -0.39 is 0 Å². The average molecular weight is 597 g/mol. The maximum atomic E-state index is 2.42. The molecule has 0 amide bonds. The number of rotatable bonds is 5. The first-order valence-electron chi connectivity index (χ1n) is 16.4. The van der Waals surface area contributed by atoms with Crippen LogP contribution in [0.3, 0.4) is 0 Å². The van der Waals surface area contributed by atoms with Gasteiger partial charge in [-0.05, 0) is 106 Å². The van der Waals surface area contributed by atoms with Crippen LogP contribution in [-0.2, 0) is 6.42 Å². The lowest BCUT2D eigenvalue weighted by molar-refractivity contribution is 1.23. The molecule has 0 fully saturated rings. The summed E-state index contributed by atoms with van der Waals surface area (Å²) in [6, 6.07) is 66.6. The van der Waals surface area contributed by atoms with Crippen molar-refractivity contribution in [2.75, 3.05) is 0 Å². The van der Waals surface area contributed by atoms with Crippen LogP contribution in [-0.4, -0.2) is 0 Å². The summed E-state index contributed by atoms with van der Waals surface area (Å²) in [6.45, 7) is 0. The third kappa shape index (κ3) is 4.69. The predicted octanol–water partition coefficient (Wildman–Crippen LogP) is 12.9. The summed E-state index contributed by atoms with van der Waals surface area (Å²) in [5.74, 6) is 0. The standard InChI is InChI=1S/C47H32/c1-3-15-32(16-4-1)37-20-8-7-19-34(37)30-46-40-23-11-13-25-42(40)47(43-26-14-12-24-41(43)46)36-28-27-35-29-44(33-17-5-2-6-18-33)38-21-9-10-22-39(38)45(35)31-36/h1-29,31H,30H2. The second kappa shape index (κ2) is 11.4. The van der Waals surface area contributed by atoms with Crippen molar-refractivity contribution in [1.82, 2.24) is 0 Å². The van der Waals surface area contributed by atoms with Crippen molar-refractivity contribution in [2.45, 2.75) is 6.42 Å². The minimum Gasteiger partial charge on any atom is -0.0622 e. The van der Waals surface area contributed by atoms with Crippen LogP contribution in [0, 0.1) is 0 Å². The highest BCUT2D eigenvalue weighted by atomic mass is 14.2. The molecule has 0 saturated heterocycles. The molecule has 47 heavy (non-hydrogen) atoms. The zero-order chi connectivity index (χ0) is 31.2. The summed E-state index contributed by atoms with van der Waals surface area (Å²) in [5.41, 5.74) is 10.3. The van der Waals surface area contributed by atoms with Crippen LogP contribution in [0.15, 0.2) is 182 Å². The summed E-state index contributed by atoms with van der Waals surface area (Å²) < 4.78 is 0. The summed E-state index contributed by atoms with van der Waals surface area (Å²) in [6.07, 6.45) is 0.858. The average Bonchev–Trinajstić information content (AvgIpc) is 3.15. The molecule has 0 aliphatic rings. The Labute approximate surface area is 275 Å². The van der Waals surface area contributed by atoms with E-state index in [-0.39, 0.29) is 0 Å². The van der Waals surface area contributed by atoms with Crippen molar-refractivity contribution < 1.29 is 0 Å². The van der Waals surface area contributed by atoms with Crippen LogP contribution in [0.4, 0.5) is 0 Å². The molecule has 0 N–H and O–H groups in total. The van der Waals surface area contributed by atoms with Gasteiger partial charge in [-0.3, -0.25) is 0 Å². The van der Waals surface area contributed by atoms with Crippen LogP contribution < -0.4 is 0 Å². The van der Waals surface area contributed by atoms with Gasteiger partial charge in [-0.15, -0.1) is 0 Å². The van der Waals surface area contributed by atoms with Crippen molar-refractivity contribution in [3.63, 3.8) is 0 Å². The van der Waals surface area contributed by atoms with Gasteiger partial charge in [0, 0.05) is 0 Å². The lowest BCUT2D eigenvalue weighted by atomic mass is 9.84. The van der Waals surface area contributed by atoms with Gasteiger partial charge in [-0.1, -0.05) is 170 Å². The van der Waals surface area contributed by atoms with E-state index in [0.717, 1.165) is 6.42 Å². The van der Waals surface area contributed by atoms with E-state index >= 15 is 0 Å². The fourth-order valence-corrected chi connectivity index (χ4v) is 7.60. The molecule has 220 valence electrons. The van der Waals surface area contributed by atoms with Gasteiger partial charge in [0.15, 0.2) is 0 Å². The monoisotopic (exact) mass is 596 g/mol. The van der Waals surface area contributed by atoms with Gasteiger partial charge in [0.25, 0.3) is 0 Å². The van der Waals surface area contributed by atoms with E-state index in [1.807, 2.05) is 0 Å². The van der Waals surface area contributed by atoms with Gasteiger partial charge in [0.1, 0.15) is 0 Å².